The molecule has 0 aliphatic rings. The van der Waals surface area contributed by atoms with Gasteiger partial charge in [-0.15, -0.1) is 11.3 Å². The highest BCUT2D eigenvalue weighted by molar-refractivity contribution is 7.16. The molecule has 3 aromatic rings. The zero-order valence-corrected chi connectivity index (χ0v) is 11.6. The second-order valence-electron chi connectivity index (χ2n) is 4.28. The van der Waals surface area contributed by atoms with Gasteiger partial charge in [-0.2, -0.15) is 0 Å². The van der Waals surface area contributed by atoms with Crippen molar-refractivity contribution in [3.63, 3.8) is 0 Å². The van der Waals surface area contributed by atoms with E-state index in [1.54, 1.807) is 17.6 Å². The van der Waals surface area contributed by atoms with Crippen LogP contribution in [0, 0.1) is 6.92 Å². The molecule has 0 atom stereocenters. The van der Waals surface area contributed by atoms with Crippen LogP contribution < -0.4 is 5.32 Å². The second kappa shape index (κ2) is 4.97. The molecule has 0 bridgehead atoms. The van der Waals surface area contributed by atoms with Crippen molar-refractivity contribution in [2.24, 2.45) is 0 Å². The van der Waals surface area contributed by atoms with Gasteiger partial charge < -0.3 is 9.84 Å². The Kier molecular flexibility index (Phi) is 3.16. The molecular formula is C13H14N4OS. The van der Waals surface area contributed by atoms with Gasteiger partial charge in [-0.1, -0.05) is 12.1 Å². The summed E-state index contributed by atoms with van der Waals surface area (Å²) >= 11 is 1.63. The average molecular weight is 274 g/mol. The summed E-state index contributed by atoms with van der Waals surface area (Å²) in [5, 5.41) is 10.4. The Morgan fingerprint density at radius 3 is 3.00 bits per heavy atom. The highest BCUT2D eigenvalue weighted by Crippen LogP contribution is 2.25. The molecule has 0 amide bonds. The fourth-order valence-corrected chi connectivity index (χ4v) is 2.62. The van der Waals surface area contributed by atoms with Crippen molar-refractivity contribution in [3.05, 3.63) is 34.8 Å². The lowest BCUT2D eigenvalue weighted by molar-refractivity contribution is 0.412. The van der Waals surface area contributed by atoms with Gasteiger partial charge >= 0.3 is 0 Å². The zero-order chi connectivity index (χ0) is 13.2. The van der Waals surface area contributed by atoms with Crippen molar-refractivity contribution in [3.8, 4) is 0 Å². The number of fused-ring (bicyclic) bond motifs is 1. The Morgan fingerprint density at radius 1 is 1.37 bits per heavy atom. The summed E-state index contributed by atoms with van der Waals surface area (Å²) in [7, 11) is 0. The molecule has 0 spiro atoms. The standard InChI is InChI=1S/C13H14N4OS/c1-3-11-15-12(9-4-5-19-13(9)16-11)14-6-10-8(2)7-18-17-10/h4-5,7H,3,6H2,1-2H3,(H,14,15,16). The highest BCUT2D eigenvalue weighted by atomic mass is 32.1. The number of aromatic nitrogens is 3. The predicted octanol–water partition coefficient (Wildman–Crippen LogP) is 3.16. The lowest BCUT2D eigenvalue weighted by atomic mass is 10.3. The van der Waals surface area contributed by atoms with Crippen LogP contribution in [-0.4, -0.2) is 15.1 Å². The Morgan fingerprint density at radius 2 is 2.26 bits per heavy atom. The molecule has 3 heterocycles. The Labute approximate surface area is 114 Å². The Hall–Kier alpha value is -1.95. The van der Waals surface area contributed by atoms with Crippen molar-refractivity contribution in [1.29, 1.82) is 0 Å². The summed E-state index contributed by atoms with van der Waals surface area (Å²) in [6.07, 6.45) is 2.47. The number of hydrogen-bond acceptors (Lipinski definition) is 6. The molecule has 98 valence electrons. The third-order valence-corrected chi connectivity index (χ3v) is 3.77. The maximum atomic E-state index is 4.93. The van der Waals surface area contributed by atoms with Gasteiger partial charge in [0.05, 0.1) is 11.9 Å². The van der Waals surface area contributed by atoms with Crippen molar-refractivity contribution in [1.82, 2.24) is 15.1 Å². The van der Waals surface area contributed by atoms with E-state index >= 15 is 0 Å². The first-order valence-electron chi connectivity index (χ1n) is 6.15. The maximum Gasteiger partial charge on any atom is 0.138 e. The zero-order valence-electron chi connectivity index (χ0n) is 10.8. The molecule has 19 heavy (non-hydrogen) atoms. The minimum absolute atomic E-state index is 0.605. The molecule has 0 aliphatic heterocycles. The molecule has 0 saturated carbocycles. The third-order valence-electron chi connectivity index (χ3n) is 2.96. The number of rotatable bonds is 4. The fourth-order valence-electron chi connectivity index (χ4n) is 1.84. The van der Waals surface area contributed by atoms with E-state index in [1.165, 1.54) is 0 Å². The van der Waals surface area contributed by atoms with Crippen LogP contribution in [0.2, 0.25) is 0 Å². The van der Waals surface area contributed by atoms with Crippen molar-refractivity contribution in [2.45, 2.75) is 26.8 Å². The summed E-state index contributed by atoms with van der Waals surface area (Å²) in [4.78, 5) is 10.1. The van der Waals surface area contributed by atoms with Crippen LogP contribution in [0.25, 0.3) is 10.2 Å². The summed E-state index contributed by atoms with van der Waals surface area (Å²) in [5.74, 6) is 1.72. The van der Waals surface area contributed by atoms with E-state index in [0.29, 0.717) is 6.54 Å². The molecule has 0 aromatic carbocycles. The first kappa shape index (κ1) is 12.1. The number of thiophene rings is 1. The van der Waals surface area contributed by atoms with Crippen molar-refractivity contribution >= 4 is 27.4 Å². The van der Waals surface area contributed by atoms with Gasteiger partial charge in [-0.05, 0) is 18.4 Å². The number of nitrogens with zero attached hydrogens (tertiary/aromatic N) is 3. The van der Waals surface area contributed by atoms with Crippen molar-refractivity contribution < 1.29 is 4.52 Å². The summed E-state index contributed by atoms with van der Waals surface area (Å²) < 4.78 is 4.93. The van der Waals surface area contributed by atoms with Gasteiger partial charge in [0, 0.05) is 12.0 Å². The first-order chi connectivity index (χ1) is 9.28. The number of hydrogen-bond donors (Lipinski definition) is 1. The van der Waals surface area contributed by atoms with Crippen LogP contribution in [0.5, 0.6) is 0 Å². The number of anilines is 1. The summed E-state index contributed by atoms with van der Waals surface area (Å²) in [6.45, 7) is 4.64. The van der Waals surface area contributed by atoms with E-state index in [-0.39, 0.29) is 0 Å². The monoisotopic (exact) mass is 274 g/mol. The van der Waals surface area contributed by atoms with Gasteiger partial charge in [-0.25, -0.2) is 9.97 Å². The van der Waals surface area contributed by atoms with Crippen LogP contribution in [0.1, 0.15) is 24.0 Å². The van der Waals surface area contributed by atoms with E-state index in [9.17, 15) is 0 Å². The van der Waals surface area contributed by atoms with E-state index in [4.69, 9.17) is 4.52 Å². The van der Waals surface area contributed by atoms with E-state index in [1.807, 2.05) is 18.4 Å². The minimum atomic E-state index is 0.605. The van der Waals surface area contributed by atoms with Gasteiger partial charge in [0.15, 0.2) is 0 Å². The topological polar surface area (TPSA) is 63.8 Å². The minimum Gasteiger partial charge on any atom is -0.364 e. The predicted molar refractivity (Wildman–Crippen MR) is 75.4 cm³/mol. The largest absolute Gasteiger partial charge is 0.364 e. The molecule has 0 radical (unpaired) electrons. The lowest BCUT2D eigenvalue weighted by Gasteiger charge is -2.07. The molecule has 0 fully saturated rings. The molecule has 1 N–H and O–H groups in total. The lowest BCUT2D eigenvalue weighted by Crippen LogP contribution is -2.05. The Bertz CT molecular complexity index is 704. The van der Waals surface area contributed by atoms with Crippen LogP contribution in [0.4, 0.5) is 5.82 Å². The SMILES string of the molecule is CCc1nc(NCc2nocc2C)c2ccsc2n1. The smallest absolute Gasteiger partial charge is 0.138 e. The van der Waals surface area contributed by atoms with Gasteiger partial charge in [0.1, 0.15) is 28.4 Å². The molecule has 0 aliphatic carbocycles. The maximum absolute atomic E-state index is 4.93. The highest BCUT2D eigenvalue weighted by Gasteiger charge is 2.09. The molecule has 5 nitrogen and oxygen atoms in total. The van der Waals surface area contributed by atoms with Gasteiger partial charge in [-0.3, -0.25) is 0 Å². The number of nitrogens with one attached hydrogen (secondary N) is 1. The van der Waals surface area contributed by atoms with Crippen LogP contribution in [0.15, 0.2) is 22.2 Å². The average Bonchev–Trinajstić information content (AvgIpc) is 3.04. The number of aryl methyl sites for hydroxylation is 2. The Balaban J connectivity index is 1.91. The molecule has 3 aromatic heterocycles. The molecule has 6 heteroatoms. The van der Waals surface area contributed by atoms with Gasteiger partial charge in [0.25, 0.3) is 0 Å². The molecular weight excluding hydrogens is 260 g/mol. The quantitative estimate of drug-likeness (QED) is 0.791. The third kappa shape index (κ3) is 2.31. The van der Waals surface area contributed by atoms with E-state index in [0.717, 1.165) is 39.5 Å². The van der Waals surface area contributed by atoms with Gasteiger partial charge in [0.2, 0.25) is 0 Å². The summed E-state index contributed by atoms with van der Waals surface area (Å²) in [5.41, 5.74) is 1.94. The second-order valence-corrected chi connectivity index (χ2v) is 5.17. The van der Waals surface area contributed by atoms with E-state index in [2.05, 4.69) is 27.4 Å². The van der Waals surface area contributed by atoms with Crippen LogP contribution >= 0.6 is 11.3 Å². The van der Waals surface area contributed by atoms with Crippen LogP contribution in [0.3, 0.4) is 0 Å². The van der Waals surface area contributed by atoms with Crippen molar-refractivity contribution in [2.75, 3.05) is 5.32 Å². The fraction of sp³-hybridized carbons (Fsp3) is 0.308. The van der Waals surface area contributed by atoms with E-state index < -0.39 is 0 Å². The summed E-state index contributed by atoms with van der Waals surface area (Å²) in [6, 6.07) is 2.04. The molecule has 0 unspecified atom stereocenters. The first-order valence-corrected chi connectivity index (χ1v) is 7.03. The molecule has 3 rings (SSSR count). The normalized spacial score (nSPS) is 11.1. The van der Waals surface area contributed by atoms with Crippen LogP contribution in [-0.2, 0) is 13.0 Å². The molecule has 0 saturated heterocycles.